The van der Waals surface area contributed by atoms with E-state index in [0.29, 0.717) is 11.9 Å². The van der Waals surface area contributed by atoms with Crippen LogP contribution in [0.5, 0.6) is 0 Å². The van der Waals surface area contributed by atoms with E-state index in [1.165, 1.54) is 16.7 Å². The predicted molar refractivity (Wildman–Crippen MR) is 100 cm³/mol. The Hall–Kier alpha value is -1.88. The van der Waals surface area contributed by atoms with Crippen molar-refractivity contribution in [1.82, 2.24) is 9.80 Å². The highest BCUT2D eigenvalue weighted by atomic mass is 16.2. The third kappa shape index (κ3) is 3.63. The number of carbonyl (C=O) groups is 2. The lowest BCUT2D eigenvalue weighted by Gasteiger charge is -2.36. The van der Waals surface area contributed by atoms with E-state index in [2.05, 4.69) is 28.0 Å². The van der Waals surface area contributed by atoms with Gasteiger partial charge in [-0.1, -0.05) is 18.2 Å². The van der Waals surface area contributed by atoms with Gasteiger partial charge in [0.05, 0.1) is 0 Å². The number of nitrogens with two attached hydrogens (primary N) is 1. The summed E-state index contributed by atoms with van der Waals surface area (Å²) in [4.78, 5) is 28.0. The lowest BCUT2D eigenvalue weighted by atomic mass is 9.83. The first-order valence-corrected chi connectivity index (χ1v) is 10.0. The lowest BCUT2D eigenvalue weighted by molar-refractivity contribution is -0.130. The normalized spacial score (nSPS) is 24.7. The molecule has 140 valence electrons. The maximum atomic E-state index is 11.9. The molecule has 2 aliphatic heterocycles. The first kappa shape index (κ1) is 17.5. The minimum Gasteiger partial charge on any atom is -0.369 e. The van der Waals surface area contributed by atoms with Gasteiger partial charge >= 0.3 is 0 Å². The summed E-state index contributed by atoms with van der Waals surface area (Å²) in [6.45, 7) is 4.07. The number of fused-ring (bicyclic) bond motifs is 1. The lowest BCUT2D eigenvalue weighted by Crippen LogP contribution is -2.45. The van der Waals surface area contributed by atoms with Crippen LogP contribution in [-0.4, -0.2) is 47.3 Å². The van der Waals surface area contributed by atoms with Gasteiger partial charge in [-0.25, -0.2) is 0 Å². The van der Waals surface area contributed by atoms with Gasteiger partial charge in [-0.15, -0.1) is 0 Å². The van der Waals surface area contributed by atoms with Crippen molar-refractivity contribution in [3.8, 4) is 0 Å². The van der Waals surface area contributed by atoms with Crippen molar-refractivity contribution in [3.05, 3.63) is 34.9 Å². The zero-order chi connectivity index (χ0) is 18.1. The van der Waals surface area contributed by atoms with Gasteiger partial charge in [0.15, 0.2) is 0 Å². The van der Waals surface area contributed by atoms with Crippen LogP contribution in [0.15, 0.2) is 18.2 Å². The summed E-state index contributed by atoms with van der Waals surface area (Å²) in [6, 6.07) is 7.17. The molecule has 2 saturated heterocycles. The molecule has 4 rings (SSSR count). The van der Waals surface area contributed by atoms with E-state index in [1.807, 2.05) is 0 Å². The molecule has 0 saturated carbocycles. The van der Waals surface area contributed by atoms with Crippen molar-refractivity contribution in [3.63, 3.8) is 0 Å². The van der Waals surface area contributed by atoms with E-state index in [1.54, 1.807) is 0 Å². The number of likely N-dealkylation sites (tertiary alicyclic amines) is 2. The molecule has 0 spiro atoms. The SMILES string of the molecule is NC(=O)C1CCc2cc(CN3CCC(N4CCCC4=O)CC3)ccc2C1. The number of amides is 2. The average molecular weight is 355 g/mol. The smallest absolute Gasteiger partial charge is 0.222 e. The Bertz CT molecular complexity index is 694. The molecular formula is C21H29N3O2. The number of aryl methyl sites for hydroxylation is 1. The van der Waals surface area contributed by atoms with E-state index in [-0.39, 0.29) is 11.8 Å². The fourth-order valence-electron chi connectivity index (χ4n) is 4.85. The summed E-state index contributed by atoms with van der Waals surface area (Å²) in [5, 5.41) is 0. The molecular weight excluding hydrogens is 326 g/mol. The summed E-state index contributed by atoms with van der Waals surface area (Å²) >= 11 is 0. The second-order valence-electron chi connectivity index (χ2n) is 8.14. The molecule has 26 heavy (non-hydrogen) atoms. The zero-order valence-electron chi connectivity index (χ0n) is 15.5. The highest BCUT2D eigenvalue weighted by molar-refractivity contribution is 5.78. The van der Waals surface area contributed by atoms with Crippen LogP contribution in [0.4, 0.5) is 0 Å². The number of primary amides is 1. The number of piperidine rings is 1. The maximum Gasteiger partial charge on any atom is 0.222 e. The first-order chi connectivity index (χ1) is 12.6. The standard InChI is InChI=1S/C21H29N3O2/c22-21(26)18-6-5-16-12-15(3-4-17(16)13-18)14-23-10-7-19(8-11-23)24-9-1-2-20(24)25/h3-4,12,18-19H,1-2,5-11,13-14H2,(H2,22,26). The largest absolute Gasteiger partial charge is 0.369 e. The fourth-order valence-corrected chi connectivity index (χ4v) is 4.85. The number of hydrogen-bond acceptors (Lipinski definition) is 3. The van der Waals surface area contributed by atoms with Gasteiger partial charge in [-0.2, -0.15) is 0 Å². The molecule has 2 amide bonds. The van der Waals surface area contributed by atoms with Gasteiger partial charge in [-0.05, 0) is 55.2 Å². The Balaban J connectivity index is 1.33. The third-order valence-corrected chi connectivity index (χ3v) is 6.42. The molecule has 0 aromatic heterocycles. The molecule has 1 atom stereocenters. The molecule has 1 unspecified atom stereocenters. The summed E-state index contributed by atoms with van der Waals surface area (Å²) < 4.78 is 0. The summed E-state index contributed by atoms with van der Waals surface area (Å²) in [7, 11) is 0. The van der Waals surface area contributed by atoms with Crippen LogP contribution in [0, 0.1) is 5.92 Å². The highest BCUT2D eigenvalue weighted by Crippen LogP contribution is 2.28. The van der Waals surface area contributed by atoms with Crippen LogP contribution in [0.2, 0.25) is 0 Å². The van der Waals surface area contributed by atoms with Crippen LogP contribution in [0.1, 0.15) is 48.8 Å². The number of nitrogens with zero attached hydrogens (tertiary/aromatic N) is 2. The van der Waals surface area contributed by atoms with E-state index in [4.69, 9.17) is 5.73 Å². The van der Waals surface area contributed by atoms with Crippen molar-refractivity contribution >= 4 is 11.8 Å². The predicted octanol–water partition coefficient (Wildman–Crippen LogP) is 1.86. The van der Waals surface area contributed by atoms with Gasteiger partial charge in [-0.3, -0.25) is 14.5 Å². The van der Waals surface area contributed by atoms with Crippen molar-refractivity contribution in [2.75, 3.05) is 19.6 Å². The average Bonchev–Trinajstić information content (AvgIpc) is 3.08. The Kier molecular flexibility index (Phi) is 4.98. The van der Waals surface area contributed by atoms with Crippen LogP contribution in [-0.2, 0) is 29.0 Å². The Morgan fingerprint density at radius 3 is 2.58 bits per heavy atom. The summed E-state index contributed by atoms with van der Waals surface area (Å²) in [6.07, 6.45) is 6.59. The minimum atomic E-state index is -0.168. The van der Waals surface area contributed by atoms with Crippen molar-refractivity contribution < 1.29 is 9.59 Å². The molecule has 5 nitrogen and oxygen atoms in total. The van der Waals surface area contributed by atoms with Crippen molar-refractivity contribution in [1.29, 1.82) is 0 Å². The third-order valence-electron chi connectivity index (χ3n) is 6.42. The highest BCUT2D eigenvalue weighted by Gasteiger charge is 2.30. The first-order valence-electron chi connectivity index (χ1n) is 10.0. The van der Waals surface area contributed by atoms with Crippen molar-refractivity contribution in [2.24, 2.45) is 11.7 Å². The second kappa shape index (κ2) is 7.39. The van der Waals surface area contributed by atoms with E-state index in [0.717, 1.165) is 71.1 Å². The molecule has 5 heteroatoms. The molecule has 1 aromatic carbocycles. The van der Waals surface area contributed by atoms with E-state index < -0.39 is 0 Å². The van der Waals surface area contributed by atoms with E-state index >= 15 is 0 Å². The van der Waals surface area contributed by atoms with Gasteiger partial charge in [0, 0.05) is 44.6 Å². The van der Waals surface area contributed by atoms with Crippen LogP contribution >= 0.6 is 0 Å². The topological polar surface area (TPSA) is 66.6 Å². The molecule has 1 aliphatic carbocycles. The Morgan fingerprint density at radius 2 is 1.88 bits per heavy atom. The maximum absolute atomic E-state index is 11.9. The van der Waals surface area contributed by atoms with Crippen molar-refractivity contribution in [2.45, 2.75) is 57.5 Å². The zero-order valence-corrected chi connectivity index (χ0v) is 15.5. The fraction of sp³-hybridized carbons (Fsp3) is 0.619. The van der Waals surface area contributed by atoms with Crippen LogP contribution < -0.4 is 5.73 Å². The Morgan fingerprint density at radius 1 is 1.08 bits per heavy atom. The molecule has 2 heterocycles. The molecule has 0 bridgehead atoms. The number of rotatable bonds is 4. The molecule has 2 N–H and O–H groups in total. The van der Waals surface area contributed by atoms with Crippen LogP contribution in [0.25, 0.3) is 0 Å². The molecule has 3 aliphatic rings. The van der Waals surface area contributed by atoms with Gasteiger partial charge in [0.2, 0.25) is 11.8 Å². The van der Waals surface area contributed by atoms with Crippen LogP contribution in [0.3, 0.4) is 0 Å². The minimum absolute atomic E-state index is 0.000626. The second-order valence-corrected chi connectivity index (χ2v) is 8.14. The number of hydrogen-bond donors (Lipinski definition) is 1. The molecule has 0 radical (unpaired) electrons. The Labute approximate surface area is 155 Å². The van der Waals surface area contributed by atoms with E-state index in [9.17, 15) is 9.59 Å². The van der Waals surface area contributed by atoms with Gasteiger partial charge in [0.1, 0.15) is 0 Å². The van der Waals surface area contributed by atoms with Gasteiger partial charge < -0.3 is 10.6 Å². The number of benzene rings is 1. The summed E-state index contributed by atoms with van der Waals surface area (Å²) in [5.74, 6) is 0.187. The summed E-state index contributed by atoms with van der Waals surface area (Å²) in [5.41, 5.74) is 9.50. The van der Waals surface area contributed by atoms with Gasteiger partial charge in [0.25, 0.3) is 0 Å². The molecule has 1 aromatic rings. The monoisotopic (exact) mass is 355 g/mol. The molecule has 2 fully saturated rings. The number of carbonyl (C=O) groups excluding carboxylic acids is 2. The quantitative estimate of drug-likeness (QED) is 0.896.